The second-order valence-electron chi connectivity index (χ2n) is 3.86. The van der Waals surface area contributed by atoms with Crippen LogP contribution in [0, 0.1) is 5.92 Å². The maximum absolute atomic E-state index is 8.70. The Morgan fingerprint density at radius 1 is 0.929 bits per heavy atom. The van der Waals surface area contributed by atoms with Gasteiger partial charge in [-0.15, -0.1) is 0 Å². The summed E-state index contributed by atoms with van der Waals surface area (Å²) >= 11 is 0. The van der Waals surface area contributed by atoms with Crippen LogP contribution in [0.3, 0.4) is 0 Å². The molecular weight excluding hydrogens is 208 g/mol. The van der Waals surface area contributed by atoms with Gasteiger partial charge < -0.3 is 14.6 Å². The standard InChI is InChI=1S/C10H22O3.Ca.2H/c1-8(2)6-12-10(4)7-13-9(3)5-11;;;/h8-11H,5-7H2,1-4H3;;;. The first kappa shape index (κ1) is 17.5. The van der Waals surface area contributed by atoms with Crippen LogP contribution in [0.2, 0.25) is 0 Å². The fourth-order valence-electron chi connectivity index (χ4n) is 0.757. The molecule has 0 heterocycles. The Morgan fingerprint density at radius 2 is 1.43 bits per heavy atom. The predicted octanol–water partition coefficient (Wildman–Crippen LogP) is 0.529. The SMILES string of the molecule is CC(C)COC(C)COC(C)CO.[CaH2]. The van der Waals surface area contributed by atoms with Gasteiger partial charge in [0.2, 0.25) is 0 Å². The number of aliphatic hydroxyl groups excluding tert-OH is 1. The van der Waals surface area contributed by atoms with Gasteiger partial charge in [-0.25, -0.2) is 0 Å². The molecule has 0 rings (SSSR count). The molecule has 84 valence electrons. The van der Waals surface area contributed by atoms with Crippen LogP contribution in [0.1, 0.15) is 27.7 Å². The Morgan fingerprint density at radius 3 is 1.86 bits per heavy atom. The average molecular weight is 232 g/mol. The van der Waals surface area contributed by atoms with Crippen LogP contribution in [0.25, 0.3) is 0 Å². The summed E-state index contributed by atoms with van der Waals surface area (Å²) in [5.41, 5.74) is 0. The van der Waals surface area contributed by atoms with Crippen LogP contribution >= 0.6 is 0 Å². The molecule has 0 radical (unpaired) electrons. The van der Waals surface area contributed by atoms with E-state index in [2.05, 4.69) is 13.8 Å². The van der Waals surface area contributed by atoms with Gasteiger partial charge in [0.25, 0.3) is 0 Å². The van der Waals surface area contributed by atoms with Crippen LogP contribution in [0.4, 0.5) is 0 Å². The van der Waals surface area contributed by atoms with Gasteiger partial charge in [-0.1, -0.05) is 13.8 Å². The first-order chi connectivity index (χ1) is 6.06. The third-order valence-corrected chi connectivity index (χ3v) is 1.59. The van der Waals surface area contributed by atoms with E-state index in [1.165, 1.54) is 0 Å². The summed E-state index contributed by atoms with van der Waals surface area (Å²) in [5, 5.41) is 8.70. The quantitative estimate of drug-likeness (QED) is 0.651. The third kappa shape index (κ3) is 11.2. The second kappa shape index (κ2) is 10.7. The monoisotopic (exact) mass is 232 g/mol. The van der Waals surface area contributed by atoms with Gasteiger partial charge in [0.05, 0.1) is 25.4 Å². The number of aliphatic hydroxyl groups is 1. The second-order valence-corrected chi connectivity index (χ2v) is 3.86. The molecule has 0 aromatic rings. The molecule has 0 aromatic heterocycles. The van der Waals surface area contributed by atoms with Gasteiger partial charge in [-0.3, -0.25) is 0 Å². The summed E-state index contributed by atoms with van der Waals surface area (Å²) in [4.78, 5) is 0. The molecule has 2 atom stereocenters. The van der Waals surface area contributed by atoms with Crippen molar-refractivity contribution in [2.24, 2.45) is 5.92 Å². The maximum atomic E-state index is 8.70. The van der Waals surface area contributed by atoms with Crippen molar-refractivity contribution in [2.45, 2.75) is 39.9 Å². The topological polar surface area (TPSA) is 38.7 Å². The van der Waals surface area contributed by atoms with E-state index in [0.717, 1.165) is 6.61 Å². The summed E-state index contributed by atoms with van der Waals surface area (Å²) in [7, 11) is 0. The van der Waals surface area contributed by atoms with Crippen molar-refractivity contribution >= 4 is 37.7 Å². The molecule has 0 aliphatic heterocycles. The minimum absolute atomic E-state index is 0. The Balaban J connectivity index is 0. The van der Waals surface area contributed by atoms with E-state index in [1.807, 2.05) is 13.8 Å². The van der Waals surface area contributed by atoms with Crippen LogP contribution in [-0.4, -0.2) is 74.9 Å². The van der Waals surface area contributed by atoms with Crippen LogP contribution in [0.15, 0.2) is 0 Å². The number of rotatable bonds is 7. The van der Waals surface area contributed by atoms with E-state index in [1.54, 1.807) is 0 Å². The molecule has 0 aliphatic rings. The van der Waals surface area contributed by atoms with Gasteiger partial charge in [0.15, 0.2) is 0 Å². The van der Waals surface area contributed by atoms with Gasteiger partial charge in [0, 0.05) is 6.61 Å². The molecule has 0 amide bonds. The molecule has 3 nitrogen and oxygen atoms in total. The first-order valence-electron chi connectivity index (χ1n) is 4.90. The Labute approximate surface area is 117 Å². The molecule has 14 heavy (non-hydrogen) atoms. The van der Waals surface area contributed by atoms with Gasteiger partial charge in [-0.2, -0.15) is 0 Å². The van der Waals surface area contributed by atoms with E-state index in [9.17, 15) is 0 Å². The van der Waals surface area contributed by atoms with Crippen molar-refractivity contribution in [3.05, 3.63) is 0 Å². The fourth-order valence-corrected chi connectivity index (χ4v) is 0.757. The van der Waals surface area contributed by atoms with Gasteiger partial charge in [0.1, 0.15) is 0 Å². The number of ether oxygens (including phenoxy) is 2. The zero-order valence-corrected chi connectivity index (χ0v) is 9.12. The van der Waals surface area contributed by atoms with Gasteiger partial charge in [-0.05, 0) is 19.8 Å². The molecule has 1 N–H and O–H groups in total. The van der Waals surface area contributed by atoms with Crippen LogP contribution in [0.5, 0.6) is 0 Å². The van der Waals surface area contributed by atoms with Crippen molar-refractivity contribution in [1.29, 1.82) is 0 Å². The Kier molecular flexibility index (Phi) is 13.3. The minimum atomic E-state index is -0.0925. The summed E-state index contributed by atoms with van der Waals surface area (Å²) in [6, 6.07) is 0. The molecule has 0 spiro atoms. The van der Waals surface area contributed by atoms with E-state index in [-0.39, 0.29) is 56.6 Å². The summed E-state index contributed by atoms with van der Waals surface area (Å²) in [5.74, 6) is 0.553. The molecule has 4 heteroatoms. The van der Waals surface area contributed by atoms with Crippen molar-refractivity contribution in [2.75, 3.05) is 19.8 Å². The fraction of sp³-hybridized carbons (Fsp3) is 1.00. The Bertz CT molecular complexity index is 120. The molecule has 0 aromatic carbocycles. The predicted molar refractivity (Wildman–Crippen MR) is 61.3 cm³/mol. The molecular formula is C10H24CaO3. The molecule has 0 aliphatic carbocycles. The van der Waals surface area contributed by atoms with Crippen molar-refractivity contribution in [3.8, 4) is 0 Å². The summed E-state index contributed by atoms with van der Waals surface area (Å²) in [6.07, 6.45) is 0.0153. The van der Waals surface area contributed by atoms with Gasteiger partial charge >= 0.3 is 37.7 Å². The van der Waals surface area contributed by atoms with E-state index in [4.69, 9.17) is 14.6 Å². The van der Waals surface area contributed by atoms with Crippen LogP contribution in [-0.2, 0) is 9.47 Å². The Hall–Kier alpha value is 1.14. The van der Waals surface area contributed by atoms with Crippen molar-refractivity contribution < 1.29 is 14.6 Å². The zero-order chi connectivity index (χ0) is 10.3. The van der Waals surface area contributed by atoms with E-state index in [0.29, 0.717) is 12.5 Å². The van der Waals surface area contributed by atoms with E-state index < -0.39 is 0 Å². The number of hydrogen-bond acceptors (Lipinski definition) is 3. The van der Waals surface area contributed by atoms with Crippen LogP contribution < -0.4 is 0 Å². The molecule has 0 fully saturated rings. The molecule has 0 saturated carbocycles. The average Bonchev–Trinajstić information content (AvgIpc) is 2.10. The number of hydrogen-bond donors (Lipinski definition) is 1. The third-order valence-electron chi connectivity index (χ3n) is 1.59. The molecule has 0 bridgehead atoms. The van der Waals surface area contributed by atoms with Crippen molar-refractivity contribution in [3.63, 3.8) is 0 Å². The molecule has 2 unspecified atom stereocenters. The first-order valence-corrected chi connectivity index (χ1v) is 4.90. The summed E-state index contributed by atoms with van der Waals surface area (Å²) in [6.45, 7) is 9.43. The van der Waals surface area contributed by atoms with E-state index >= 15 is 0 Å². The van der Waals surface area contributed by atoms with Crippen molar-refractivity contribution in [1.82, 2.24) is 0 Å². The summed E-state index contributed by atoms with van der Waals surface area (Å²) < 4.78 is 10.8. The normalized spacial score (nSPS) is 15.0. The molecule has 0 saturated heterocycles. The zero-order valence-electron chi connectivity index (χ0n) is 9.12.